The second-order valence-corrected chi connectivity index (χ2v) is 7.31. The Morgan fingerprint density at radius 3 is 2.14 bits per heavy atom. The normalized spacial score (nSPS) is 10.5. The zero-order chi connectivity index (χ0) is 24.8. The van der Waals surface area contributed by atoms with Gasteiger partial charge in [-0.2, -0.15) is 4.98 Å². The summed E-state index contributed by atoms with van der Waals surface area (Å²) in [6.45, 7) is -0.112. The van der Waals surface area contributed by atoms with Gasteiger partial charge in [0.25, 0.3) is 5.89 Å². The van der Waals surface area contributed by atoms with Crippen LogP contribution in [-0.2, 0) is 0 Å². The second-order valence-electron chi connectivity index (χ2n) is 7.31. The molecule has 35 heavy (non-hydrogen) atoms. The van der Waals surface area contributed by atoms with Crippen molar-refractivity contribution in [3.63, 3.8) is 0 Å². The van der Waals surface area contributed by atoms with Crippen LogP contribution >= 0.6 is 0 Å². The molecule has 0 radical (unpaired) electrons. The SMILES string of the molecule is COc1ccc(C(=O)COc2cccc(-c3noc(-c4cc(OC)c(OC)c(OC)c4)n3)c2)cc1. The van der Waals surface area contributed by atoms with Crippen LogP contribution in [0, 0.1) is 0 Å². The molecule has 0 atom stereocenters. The summed E-state index contributed by atoms with van der Waals surface area (Å²) in [5.74, 6) is 3.08. The first-order chi connectivity index (χ1) is 17.1. The third-order valence-corrected chi connectivity index (χ3v) is 5.21. The van der Waals surface area contributed by atoms with Crippen LogP contribution in [0.2, 0.25) is 0 Å². The highest BCUT2D eigenvalue weighted by Crippen LogP contribution is 2.41. The lowest BCUT2D eigenvalue weighted by Gasteiger charge is -2.12. The number of nitrogens with zero attached hydrogens (tertiary/aromatic N) is 2. The average molecular weight is 476 g/mol. The third-order valence-electron chi connectivity index (χ3n) is 5.21. The van der Waals surface area contributed by atoms with Crippen molar-refractivity contribution in [2.24, 2.45) is 0 Å². The van der Waals surface area contributed by atoms with Crippen molar-refractivity contribution < 1.29 is 33.0 Å². The summed E-state index contributed by atoms with van der Waals surface area (Å²) in [6.07, 6.45) is 0. The van der Waals surface area contributed by atoms with Gasteiger partial charge in [0.15, 0.2) is 23.9 Å². The molecule has 4 aromatic rings. The quantitative estimate of drug-likeness (QED) is 0.301. The van der Waals surface area contributed by atoms with Crippen LogP contribution in [0.1, 0.15) is 10.4 Å². The zero-order valence-electron chi connectivity index (χ0n) is 19.7. The van der Waals surface area contributed by atoms with Crippen molar-refractivity contribution in [2.75, 3.05) is 35.0 Å². The predicted octanol–water partition coefficient (Wildman–Crippen LogP) is 4.70. The number of hydrogen-bond donors (Lipinski definition) is 0. The number of rotatable bonds is 10. The van der Waals surface area contributed by atoms with Gasteiger partial charge in [0.1, 0.15) is 11.5 Å². The molecule has 0 aliphatic rings. The minimum atomic E-state index is -0.151. The second kappa shape index (κ2) is 10.6. The van der Waals surface area contributed by atoms with Crippen molar-refractivity contribution >= 4 is 5.78 Å². The lowest BCUT2D eigenvalue weighted by molar-refractivity contribution is 0.0921. The Morgan fingerprint density at radius 2 is 1.51 bits per heavy atom. The fourth-order valence-electron chi connectivity index (χ4n) is 3.40. The van der Waals surface area contributed by atoms with Crippen molar-refractivity contribution in [3.05, 3.63) is 66.2 Å². The Bertz CT molecular complexity index is 1290. The van der Waals surface area contributed by atoms with Crippen LogP contribution in [0.25, 0.3) is 22.8 Å². The molecule has 9 nitrogen and oxygen atoms in total. The van der Waals surface area contributed by atoms with E-state index >= 15 is 0 Å². The highest BCUT2D eigenvalue weighted by molar-refractivity contribution is 5.97. The average Bonchev–Trinajstić information content (AvgIpc) is 3.41. The van der Waals surface area contributed by atoms with E-state index in [9.17, 15) is 4.79 Å². The highest BCUT2D eigenvalue weighted by Gasteiger charge is 2.18. The van der Waals surface area contributed by atoms with E-state index in [0.717, 1.165) is 0 Å². The zero-order valence-corrected chi connectivity index (χ0v) is 19.7. The molecule has 3 aromatic carbocycles. The first-order valence-electron chi connectivity index (χ1n) is 10.6. The Balaban J connectivity index is 1.51. The Morgan fingerprint density at radius 1 is 0.800 bits per heavy atom. The van der Waals surface area contributed by atoms with E-state index in [1.165, 1.54) is 21.3 Å². The summed E-state index contributed by atoms with van der Waals surface area (Å²) in [5.41, 5.74) is 1.81. The molecule has 0 N–H and O–H groups in total. The van der Waals surface area contributed by atoms with Gasteiger partial charge in [-0.25, -0.2) is 0 Å². The topological polar surface area (TPSA) is 102 Å². The third kappa shape index (κ3) is 5.19. The molecule has 9 heteroatoms. The summed E-state index contributed by atoms with van der Waals surface area (Å²) in [6, 6.07) is 17.4. The van der Waals surface area contributed by atoms with E-state index < -0.39 is 0 Å². The Hall–Kier alpha value is -4.53. The van der Waals surface area contributed by atoms with Crippen LogP contribution in [0.15, 0.2) is 65.2 Å². The molecule has 0 saturated carbocycles. The molecule has 0 aliphatic carbocycles. The van der Waals surface area contributed by atoms with Crippen LogP contribution in [0.4, 0.5) is 0 Å². The molecule has 4 rings (SSSR count). The Kier molecular flexibility index (Phi) is 7.15. The number of benzene rings is 3. The fourth-order valence-corrected chi connectivity index (χ4v) is 3.40. The molecule has 0 amide bonds. The van der Waals surface area contributed by atoms with Gasteiger partial charge in [-0.05, 0) is 48.5 Å². The van der Waals surface area contributed by atoms with Crippen molar-refractivity contribution in [1.82, 2.24) is 10.1 Å². The van der Waals surface area contributed by atoms with Gasteiger partial charge in [0.05, 0.1) is 28.4 Å². The van der Waals surface area contributed by atoms with Crippen molar-refractivity contribution in [2.45, 2.75) is 0 Å². The van der Waals surface area contributed by atoms with E-state index in [1.54, 1.807) is 61.7 Å². The molecule has 1 aromatic heterocycles. The van der Waals surface area contributed by atoms with Gasteiger partial charge in [-0.1, -0.05) is 17.3 Å². The fraction of sp³-hybridized carbons (Fsp3) is 0.192. The minimum absolute atomic E-state index is 0.112. The molecular formula is C26H24N2O7. The first kappa shape index (κ1) is 23.6. The van der Waals surface area contributed by atoms with E-state index in [0.29, 0.717) is 51.3 Å². The monoisotopic (exact) mass is 476 g/mol. The number of Topliss-reactive ketones (excluding diaryl/α,β-unsaturated/α-hetero) is 1. The van der Waals surface area contributed by atoms with Gasteiger partial charge in [-0.15, -0.1) is 0 Å². The van der Waals surface area contributed by atoms with Gasteiger partial charge >= 0.3 is 0 Å². The molecule has 0 saturated heterocycles. The van der Waals surface area contributed by atoms with E-state index in [1.807, 2.05) is 6.07 Å². The molecule has 0 bridgehead atoms. The summed E-state index contributed by atoms with van der Waals surface area (Å²) in [4.78, 5) is 16.9. The van der Waals surface area contributed by atoms with E-state index in [2.05, 4.69) is 10.1 Å². The molecule has 1 heterocycles. The first-order valence-corrected chi connectivity index (χ1v) is 10.6. The minimum Gasteiger partial charge on any atom is -0.497 e. The molecule has 0 fully saturated rings. The van der Waals surface area contributed by atoms with E-state index in [-0.39, 0.29) is 18.3 Å². The lowest BCUT2D eigenvalue weighted by atomic mass is 10.1. The largest absolute Gasteiger partial charge is 0.497 e. The molecule has 0 aliphatic heterocycles. The Labute approximate surface area is 202 Å². The summed E-state index contributed by atoms with van der Waals surface area (Å²) in [7, 11) is 6.17. The van der Waals surface area contributed by atoms with Gasteiger partial charge in [0, 0.05) is 16.7 Å². The standard InChI is InChI=1S/C26H24N2O7/c1-30-19-10-8-16(9-11-19)21(29)15-34-20-7-5-6-17(12-20)25-27-26(35-28-25)18-13-22(31-2)24(33-4)23(14-18)32-3/h5-14H,15H2,1-4H3. The molecular weight excluding hydrogens is 452 g/mol. The number of carbonyl (C=O) groups excluding carboxylic acids is 1. The number of aromatic nitrogens is 2. The predicted molar refractivity (Wildman–Crippen MR) is 128 cm³/mol. The van der Waals surface area contributed by atoms with Crippen LogP contribution < -0.4 is 23.7 Å². The maximum Gasteiger partial charge on any atom is 0.258 e. The summed E-state index contributed by atoms with van der Waals surface area (Å²) in [5, 5.41) is 4.08. The maximum atomic E-state index is 12.4. The summed E-state index contributed by atoms with van der Waals surface area (Å²) >= 11 is 0. The smallest absolute Gasteiger partial charge is 0.258 e. The number of ketones is 1. The van der Waals surface area contributed by atoms with Gasteiger partial charge in [0.2, 0.25) is 11.6 Å². The summed E-state index contributed by atoms with van der Waals surface area (Å²) < 4.78 is 32.4. The molecule has 0 unspecified atom stereocenters. The van der Waals surface area contributed by atoms with Crippen LogP contribution in [0.5, 0.6) is 28.7 Å². The molecule has 180 valence electrons. The number of hydrogen-bond acceptors (Lipinski definition) is 9. The number of ether oxygens (including phenoxy) is 5. The molecule has 0 spiro atoms. The maximum absolute atomic E-state index is 12.4. The number of methoxy groups -OCH3 is 4. The van der Waals surface area contributed by atoms with Gasteiger partial charge < -0.3 is 28.2 Å². The lowest BCUT2D eigenvalue weighted by Crippen LogP contribution is -2.11. The van der Waals surface area contributed by atoms with Crippen LogP contribution in [0.3, 0.4) is 0 Å². The van der Waals surface area contributed by atoms with Gasteiger partial charge in [-0.3, -0.25) is 4.79 Å². The van der Waals surface area contributed by atoms with E-state index in [4.69, 9.17) is 28.2 Å². The van der Waals surface area contributed by atoms with Crippen molar-refractivity contribution in [3.8, 4) is 51.6 Å². The van der Waals surface area contributed by atoms with Crippen LogP contribution in [-0.4, -0.2) is 51.0 Å². The van der Waals surface area contributed by atoms with Crippen molar-refractivity contribution in [1.29, 1.82) is 0 Å². The number of carbonyl (C=O) groups is 1. The highest BCUT2D eigenvalue weighted by atomic mass is 16.5.